The van der Waals surface area contributed by atoms with Gasteiger partial charge in [0.05, 0.1) is 0 Å². The van der Waals surface area contributed by atoms with Gasteiger partial charge in [-0.3, -0.25) is 4.79 Å². The fourth-order valence-electron chi connectivity index (χ4n) is 0. The molecule has 0 bridgehead atoms. The summed E-state index contributed by atoms with van der Waals surface area (Å²) in [5.74, 6) is 0. The highest BCUT2D eigenvalue weighted by Crippen LogP contribution is 2.35. The molecule has 0 saturated heterocycles. The zero-order valence-electron chi connectivity index (χ0n) is 4.92. The second-order valence-corrected chi connectivity index (χ2v) is 5.66. The Morgan fingerprint density at radius 2 is 2.57 bits per heavy atom. The Bertz CT molecular complexity index is 140. The molecular formula is C3H7O2PS. The molecule has 0 spiro atoms. The Hall–Kier alpha value is 0.280. The molecule has 4 heteroatoms. The van der Waals surface area contributed by atoms with Gasteiger partial charge in [0, 0.05) is 8.27 Å². The molecule has 0 saturated carbocycles. The van der Waals surface area contributed by atoms with Gasteiger partial charge in [-0.1, -0.05) is 11.8 Å². The molecule has 2 nitrogen and oxygen atoms in total. The summed E-state index contributed by atoms with van der Waals surface area (Å²) in [4.78, 5) is 19.1. The maximum absolute atomic E-state index is 10.3. The fraction of sp³-hybridized carbons (Fsp3) is 0.667. The van der Waals surface area contributed by atoms with E-state index in [1.165, 1.54) is 6.66 Å². The second-order valence-electron chi connectivity index (χ2n) is 1.27. The zero-order valence-corrected chi connectivity index (χ0v) is 5.63. The third kappa shape index (κ3) is 2.92. The summed E-state index contributed by atoms with van der Waals surface area (Å²) in [7, 11) is 0. The van der Waals surface area contributed by atoms with Crippen molar-refractivity contribution in [2.45, 2.75) is 6.90 Å². The van der Waals surface area contributed by atoms with Crippen LogP contribution >= 0.6 is 6.26 Å². The number of hydrogen-bond acceptors (Lipinski definition) is 2. The third-order valence-corrected chi connectivity index (χ3v) is 2.00. The Kier molecular flexibility index (Phi) is 1.57. The highest BCUT2D eigenvalue weighted by Gasteiger charge is 2.08. The van der Waals surface area contributed by atoms with Gasteiger partial charge in [-0.05, 0) is 6.66 Å². The fourth-order valence-corrected chi connectivity index (χ4v) is 0. The van der Waals surface area contributed by atoms with E-state index >= 15 is 0 Å². The standard InChI is InChI=1S/C3H7O2PS/c1-3(4)6(2,5)7/h1-2H3,(H,5,7)/i1D. The minimum Gasteiger partial charge on any atom is -0.359 e. The summed E-state index contributed by atoms with van der Waals surface area (Å²) in [6.45, 7) is 0.906. The van der Waals surface area contributed by atoms with Crippen molar-refractivity contribution < 1.29 is 11.1 Å². The van der Waals surface area contributed by atoms with E-state index in [0.29, 0.717) is 0 Å². The number of carbonyl (C=O) groups is 1. The van der Waals surface area contributed by atoms with E-state index in [2.05, 4.69) is 11.8 Å². The molecule has 0 aromatic heterocycles. The largest absolute Gasteiger partial charge is 0.359 e. The topological polar surface area (TPSA) is 37.3 Å². The highest BCUT2D eigenvalue weighted by molar-refractivity contribution is 8.19. The van der Waals surface area contributed by atoms with Crippen LogP contribution < -0.4 is 0 Å². The van der Waals surface area contributed by atoms with Gasteiger partial charge in [0.1, 0.15) is 6.26 Å². The first-order valence-corrected chi connectivity index (χ1v) is 4.81. The van der Waals surface area contributed by atoms with E-state index < -0.39 is 18.7 Å². The van der Waals surface area contributed by atoms with E-state index in [4.69, 9.17) is 6.26 Å². The van der Waals surface area contributed by atoms with Crippen LogP contribution in [0.4, 0.5) is 0 Å². The van der Waals surface area contributed by atoms with Crippen molar-refractivity contribution in [1.29, 1.82) is 0 Å². The van der Waals surface area contributed by atoms with Crippen LogP contribution in [0.1, 0.15) is 8.27 Å². The van der Waals surface area contributed by atoms with Crippen LogP contribution in [0.2, 0.25) is 0 Å². The second kappa shape index (κ2) is 2.03. The van der Waals surface area contributed by atoms with Crippen LogP contribution in [0.25, 0.3) is 0 Å². The Morgan fingerprint density at radius 3 is 2.57 bits per heavy atom. The van der Waals surface area contributed by atoms with E-state index in [1.54, 1.807) is 0 Å². The van der Waals surface area contributed by atoms with E-state index in [9.17, 15) is 4.79 Å². The van der Waals surface area contributed by atoms with Crippen molar-refractivity contribution in [3.63, 3.8) is 0 Å². The predicted molar refractivity (Wildman–Crippen MR) is 33.1 cm³/mol. The average molecular weight is 139 g/mol. The van der Waals surface area contributed by atoms with Crippen molar-refractivity contribution in [2.75, 3.05) is 6.66 Å². The van der Waals surface area contributed by atoms with Crippen molar-refractivity contribution in [1.82, 2.24) is 0 Å². The SMILES string of the molecule is [2H]CC(=O)P(C)(O)=S. The first-order chi connectivity index (χ1) is 3.48. The summed E-state index contributed by atoms with van der Waals surface area (Å²) in [5.41, 5.74) is -0.521. The Balaban J connectivity index is 4.04. The maximum Gasteiger partial charge on any atom is 0.186 e. The molecule has 0 radical (unpaired) electrons. The molecule has 0 aromatic rings. The number of carbonyl (C=O) groups excluding carboxylic acids is 1. The molecule has 7 heavy (non-hydrogen) atoms. The van der Waals surface area contributed by atoms with Gasteiger partial charge in [-0.15, -0.1) is 0 Å². The quantitative estimate of drug-likeness (QED) is 0.539. The van der Waals surface area contributed by atoms with E-state index in [0.717, 1.165) is 0 Å². The van der Waals surface area contributed by atoms with Gasteiger partial charge >= 0.3 is 0 Å². The normalized spacial score (nSPS) is 20.0. The molecule has 0 aliphatic rings. The summed E-state index contributed by atoms with van der Waals surface area (Å²) < 4.78 is 6.52. The third-order valence-electron chi connectivity index (χ3n) is 0.463. The highest BCUT2D eigenvalue weighted by atomic mass is 32.4. The molecular weight excluding hydrogens is 131 g/mol. The van der Waals surface area contributed by atoms with E-state index in [1.807, 2.05) is 0 Å². The van der Waals surface area contributed by atoms with Crippen molar-refractivity contribution >= 4 is 23.6 Å². The lowest BCUT2D eigenvalue weighted by atomic mass is 10.9. The molecule has 1 unspecified atom stereocenters. The summed E-state index contributed by atoms with van der Waals surface area (Å²) in [6, 6.07) is 0. The van der Waals surface area contributed by atoms with Crippen molar-refractivity contribution in [2.24, 2.45) is 0 Å². The van der Waals surface area contributed by atoms with Gasteiger partial charge in [0.25, 0.3) is 0 Å². The first kappa shape index (κ1) is 5.42. The maximum atomic E-state index is 10.3. The van der Waals surface area contributed by atoms with Crippen LogP contribution in [0.3, 0.4) is 0 Å². The predicted octanol–water partition coefficient (Wildman–Crippen LogP) is 0.549. The smallest absolute Gasteiger partial charge is 0.186 e. The van der Waals surface area contributed by atoms with Crippen molar-refractivity contribution in [3.8, 4) is 0 Å². The average Bonchev–Trinajstić information content (AvgIpc) is 1.62. The molecule has 0 fully saturated rings. The molecule has 0 aliphatic heterocycles. The van der Waals surface area contributed by atoms with Gasteiger partial charge in [0.2, 0.25) is 0 Å². The van der Waals surface area contributed by atoms with Crippen molar-refractivity contribution in [3.05, 3.63) is 0 Å². The Morgan fingerprint density at radius 1 is 2.14 bits per heavy atom. The minimum atomic E-state index is -2.75. The van der Waals surface area contributed by atoms with Crippen LogP contribution in [-0.2, 0) is 16.6 Å². The van der Waals surface area contributed by atoms with Gasteiger partial charge in [-0.2, -0.15) is 0 Å². The molecule has 0 heterocycles. The number of rotatable bonds is 1. The minimum absolute atomic E-state index is 0.399. The summed E-state index contributed by atoms with van der Waals surface area (Å²) in [6.07, 6.45) is -2.75. The molecule has 0 aliphatic carbocycles. The molecule has 0 amide bonds. The molecule has 1 N–H and O–H groups in total. The lowest BCUT2D eigenvalue weighted by Crippen LogP contribution is -1.87. The number of hydrogen-bond donors (Lipinski definition) is 1. The summed E-state index contributed by atoms with van der Waals surface area (Å²) >= 11 is 4.40. The zero-order chi connectivity index (χ0) is 6.78. The van der Waals surface area contributed by atoms with Gasteiger partial charge in [-0.25, -0.2) is 0 Å². The molecule has 0 aromatic carbocycles. The van der Waals surface area contributed by atoms with E-state index in [-0.39, 0.29) is 0 Å². The summed E-state index contributed by atoms with van der Waals surface area (Å²) in [5, 5.41) is 0. The monoisotopic (exact) mass is 139 g/mol. The Labute approximate surface area is 49.0 Å². The van der Waals surface area contributed by atoms with Crippen LogP contribution in [0.15, 0.2) is 0 Å². The molecule has 1 atom stereocenters. The van der Waals surface area contributed by atoms with Gasteiger partial charge < -0.3 is 4.89 Å². The first-order valence-electron chi connectivity index (χ1n) is 2.32. The van der Waals surface area contributed by atoms with Crippen LogP contribution in [-0.4, -0.2) is 17.1 Å². The van der Waals surface area contributed by atoms with Gasteiger partial charge in [0.15, 0.2) is 5.52 Å². The van der Waals surface area contributed by atoms with Crippen LogP contribution in [0, 0.1) is 0 Å². The molecule has 0 rings (SSSR count). The lowest BCUT2D eigenvalue weighted by molar-refractivity contribution is -0.110. The van der Waals surface area contributed by atoms with Crippen LogP contribution in [0.5, 0.6) is 0 Å². The molecule has 42 valence electrons. The lowest BCUT2D eigenvalue weighted by Gasteiger charge is -1.98.